The molecule has 3 aromatic rings. The normalized spacial score (nSPS) is 14.8. The molecule has 226 valence electrons. The van der Waals surface area contributed by atoms with Crippen molar-refractivity contribution in [2.45, 2.75) is 32.7 Å². The molecule has 0 radical (unpaired) electrons. The molecule has 0 saturated carbocycles. The second kappa shape index (κ2) is 15.7. The smallest absolute Gasteiger partial charge is 0.323 e. The van der Waals surface area contributed by atoms with E-state index in [9.17, 15) is 9.59 Å². The van der Waals surface area contributed by atoms with Gasteiger partial charge in [-0.2, -0.15) is 0 Å². The number of nitrogens with zero attached hydrogens (tertiary/aromatic N) is 4. The number of ether oxygens (including phenoxy) is 4. The Bertz CT molecular complexity index is 1350. The summed E-state index contributed by atoms with van der Waals surface area (Å²) >= 11 is 3.50. The van der Waals surface area contributed by atoms with Crippen LogP contribution in [0.1, 0.15) is 26.7 Å². The van der Waals surface area contributed by atoms with E-state index in [1.54, 1.807) is 21.0 Å². The maximum Gasteiger partial charge on any atom is 0.323 e. The lowest BCUT2D eigenvalue weighted by Gasteiger charge is -2.37. The minimum Gasteiger partial charge on any atom is -0.493 e. The molecular formula is C30H38BrN5O6. The number of rotatable bonds is 14. The minimum atomic E-state index is -0.621. The zero-order valence-corrected chi connectivity index (χ0v) is 25.9. The Morgan fingerprint density at radius 2 is 1.81 bits per heavy atom. The number of piperazine rings is 1. The van der Waals surface area contributed by atoms with Crippen molar-refractivity contribution >= 4 is 50.3 Å². The first-order chi connectivity index (χ1) is 20.4. The standard InChI is InChI=1S/C30H38BrN5O6/c1-4-40-28(37)19-25(30(38)41-5-2)36-13-11-35(12-14-36)10-7-15-42-27-18-24-23(17-26(27)39-3)29(33-20-32-24)34-22-9-6-8-21(31)16-22/h6,8-9,16-18,20,25H,4-5,7,10-15,19H2,1-3H3,(H,32,33,34). The van der Waals surface area contributed by atoms with Crippen LogP contribution in [0, 0.1) is 0 Å². The number of nitrogens with one attached hydrogen (secondary N) is 1. The molecule has 1 aromatic heterocycles. The number of methoxy groups -OCH3 is 1. The number of benzene rings is 2. The second-order valence-corrected chi connectivity index (χ2v) is 10.7. The highest BCUT2D eigenvalue weighted by atomic mass is 79.9. The van der Waals surface area contributed by atoms with Crippen LogP contribution in [-0.4, -0.2) is 97.4 Å². The maximum atomic E-state index is 12.5. The number of aromatic nitrogens is 2. The molecule has 1 atom stereocenters. The van der Waals surface area contributed by atoms with Gasteiger partial charge in [0.2, 0.25) is 0 Å². The molecule has 0 spiro atoms. The van der Waals surface area contributed by atoms with Gasteiger partial charge in [-0.1, -0.05) is 22.0 Å². The Morgan fingerprint density at radius 1 is 1.02 bits per heavy atom. The molecule has 1 aliphatic heterocycles. The summed E-state index contributed by atoms with van der Waals surface area (Å²) in [4.78, 5) is 37.8. The third kappa shape index (κ3) is 8.52. The summed E-state index contributed by atoms with van der Waals surface area (Å²) in [5, 5.41) is 4.17. The van der Waals surface area contributed by atoms with Gasteiger partial charge in [0.05, 0.1) is 38.9 Å². The number of carbonyl (C=O) groups is 2. The number of carbonyl (C=O) groups excluding carboxylic acids is 2. The van der Waals surface area contributed by atoms with Gasteiger partial charge >= 0.3 is 11.9 Å². The van der Waals surface area contributed by atoms with Crippen molar-refractivity contribution in [1.29, 1.82) is 0 Å². The van der Waals surface area contributed by atoms with Gasteiger partial charge in [0, 0.05) is 54.3 Å². The maximum absolute atomic E-state index is 12.5. The average molecular weight is 645 g/mol. The molecule has 0 aliphatic carbocycles. The van der Waals surface area contributed by atoms with Gasteiger partial charge in [-0.25, -0.2) is 9.97 Å². The molecule has 1 unspecified atom stereocenters. The van der Waals surface area contributed by atoms with E-state index in [1.807, 2.05) is 41.3 Å². The van der Waals surface area contributed by atoms with Crippen LogP contribution >= 0.6 is 15.9 Å². The summed E-state index contributed by atoms with van der Waals surface area (Å²) in [5.41, 5.74) is 1.65. The fourth-order valence-corrected chi connectivity index (χ4v) is 5.28. The predicted molar refractivity (Wildman–Crippen MR) is 163 cm³/mol. The van der Waals surface area contributed by atoms with E-state index < -0.39 is 6.04 Å². The van der Waals surface area contributed by atoms with Crippen LogP contribution < -0.4 is 14.8 Å². The van der Waals surface area contributed by atoms with Crippen LogP contribution in [0.5, 0.6) is 11.5 Å². The molecule has 2 aromatic carbocycles. The van der Waals surface area contributed by atoms with E-state index in [0.29, 0.717) is 37.0 Å². The Kier molecular flexibility index (Phi) is 11.7. The summed E-state index contributed by atoms with van der Waals surface area (Å²) in [6.07, 6.45) is 2.34. The molecular weight excluding hydrogens is 606 g/mol. The molecule has 12 heteroatoms. The SMILES string of the molecule is CCOC(=O)CC(C(=O)OCC)N1CCN(CCCOc2cc3ncnc(Nc4cccc(Br)c4)c3cc2OC)CC1. The molecule has 0 bridgehead atoms. The Morgan fingerprint density at radius 3 is 2.52 bits per heavy atom. The summed E-state index contributed by atoms with van der Waals surface area (Å²) in [7, 11) is 1.62. The zero-order chi connectivity index (χ0) is 29.9. The largest absolute Gasteiger partial charge is 0.493 e. The third-order valence-corrected chi connectivity index (χ3v) is 7.45. The average Bonchev–Trinajstić information content (AvgIpc) is 2.98. The molecule has 42 heavy (non-hydrogen) atoms. The number of hydrogen-bond acceptors (Lipinski definition) is 11. The summed E-state index contributed by atoms with van der Waals surface area (Å²) in [6.45, 7) is 8.32. The number of esters is 2. The molecule has 4 rings (SSSR count). The highest BCUT2D eigenvalue weighted by Crippen LogP contribution is 2.35. The van der Waals surface area contributed by atoms with Gasteiger partial charge in [-0.3, -0.25) is 14.5 Å². The van der Waals surface area contributed by atoms with Crippen molar-refractivity contribution in [2.24, 2.45) is 0 Å². The van der Waals surface area contributed by atoms with E-state index in [2.05, 4.69) is 36.1 Å². The van der Waals surface area contributed by atoms with Crippen molar-refractivity contribution in [3.05, 3.63) is 47.2 Å². The number of hydrogen-bond donors (Lipinski definition) is 1. The van der Waals surface area contributed by atoms with Crippen molar-refractivity contribution < 1.29 is 28.5 Å². The van der Waals surface area contributed by atoms with Gasteiger partial charge in [0.1, 0.15) is 18.2 Å². The monoisotopic (exact) mass is 643 g/mol. The van der Waals surface area contributed by atoms with Gasteiger partial charge in [0.15, 0.2) is 11.5 Å². The quantitative estimate of drug-likeness (QED) is 0.199. The first kappa shape index (κ1) is 31.5. The fraction of sp³-hybridized carbons (Fsp3) is 0.467. The van der Waals surface area contributed by atoms with Crippen molar-refractivity contribution in [3.8, 4) is 11.5 Å². The summed E-state index contributed by atoms with van der Waals surface area (Å²) in [5.74, 6) is 1.14. The molecule has 1 N–H and O–H groups in total. The van der Waals surface area contributed by atoms with Crippen LogP contribution in [0.2, 0.25) is 0 Å². The number of fused-ring (bicyclic) bond motifs is 1. The number of halogens is 1. The van der Waals surface area contributed by atoms with Crippen LogP contribution in [0.25, 0.3) is 10.9 Å². The van der Waals surface area contributed by atoms with Crippen LogP contribution in [0.3, 0.4) is 0 Å². The van der Waals surface area contributed by atoms with Crippen LogP contribution in [-0.2, 0) is 19.1 Å². The van der Waals surface area contributed by atoms with Crippen LogP contribution in [0.4, 0.5) is 11.5 Å². The van der Waals surface area contributed by atoms with E-state index in [1.165, 1.54) is 6.33 Å². The lowest BCUT2D eigenvalue weighted by atomic mass is 10.1. The zero-order valence-electron chi connectivity index (χ0n) is 24.3. The van der Waals surface area contributed by atoms with Crippen molar-refractivity contribution in [2.75, 3.05) is 65.0 Å². The lowest BCUT2D eigenvalue weighted by Crippen LogP contribution is -2.53. The Balaban J connectivity index is 1.30. The van der Waals surface area contributed by atoms with Gasteiger partial charge < -0.3 is 29.2 Å². The third-order valence-electron chi connectivity index (χ3n) is 6.96. The van der Waals surface area contributed by atoms with Crippen molar-refractivity contribution in [1.82, 2.24) is 19.8 Å². The highest BCUT2D eigenvalue weighted by Gasteiger charge is 2.32. The van der Waals surface area contributed by atoms with Crippen LogP contribution in [0.15, 0.2) is 47.2 Å². The Hall–Kier alpha value is -3.48. The molecule has 0 amide bonds. The van der Waals surface area contributed by atoms with E-state index in [-0.39, 0.29) is 31.6 Å². The second-order valence-electron chi connectivity index (χ2n) is 9.73. The van der Waals surface area contributed by atoms with E-state index >= 15 is 0 Å². The van der Waals surface area contributed by atoms with E-state index in [4.69, 9.17) is 18.9 Å². The molecule has 1 aliphatic rings. The summed E-state index contributed by atoms with van der Waals surface area (Å²) < 4.78 is 23.0. The number of anilines is 2. The first-order valence-electron chi connectivity index (χ1n) is 14.2. The Labute approximate surface area is 254 Å². The fourth-order valence-electron chi connectivity index (χ4n) is 4.89. The van der Waals surface area contributed by atoms with E-state index in [0.717, 1.165) is 47.1 Å². The topological polar surface area (TPSA) is 115 Å². The molecule has 2 heterocycles. The van der Waals surface area contributed by atoms with Gasteiger partial charge in [-0.05, 0) is 44.5 Å². The highest BCUT2D eigenvalue weighted by molar-refractivity contribution is 9.10. The van der Waals surface area contributed by atoms with Gasteiger partial charge in [0.25, 0.3) is 0 Å². The van der Waals surface area contributed by atoms with Crippen molar-refractivity contribution in [3.63, 3.8) is 0 Å². The first-order valence-corrected chi connectivity index (χ1v) is 15.0. The molecule has 1 saturated heterocycles. The molecule has 1 fully saturated rings. The summed E-state index contributed by atoms with van der Waals surface area (Å²) in [6, 6.07) is 11.0. The van der Waals surface area contributed by atoms with Gasteiger partial charge in [-0.15, -0.1) is 0 Å². The molecule has 11 nitrogen and oxygen atoms in total. The lowest BCUT2D eigenvalue weighted by molar-refractivity contribution is -0.157. The predicted octanol–water partition coefficient (Wildman–Crippen LogP) is 4.42. The minimum absolute atomic E-state index is 0.000611.